The van der Waals surface area contributed by atoms with Crippen LogP contribution in [0.15, 0.2) is 18.2 Å². The van der Waals surface area contributed by atoms with Gasteiger partial charge in [-0.1, -0.05) is 0 Å². The lowest BCUT2D eigenvalue weighted by Crippen LogP contribution is -2.02. The van der Waals surface area contributed by atoms with Crippen LogP contribution in [0.5, 0.6) is 5.75 Å². The van der Waals surface area contributed by atoms with Crippen LogP contribution < -0.4 is 10.5 Å². The number of hydrogen-bond donors (Lipinski definition) is 1. The summed E-state index contributed by atoms with van der Waals surface area (Å²) in [4.78, 5) is 0. The number of rotatable bonds is 5. The van der Waals surface area contributed by atoms with Crippen molar-refractivity contribution in [3.05, 3.63) is 27.3 Å². The fraction of sp³-hybridized carbons (Fsp3) is 0.455. The van der Waals surface area contributed by atoms with Gasteiger partial charge in [0, 0.05) is 3.57 Å². The summed E-state index contributed by atoms with van der Waals surface area (Å²) >= 11 is 2.32. The van der Waals surface area contributed by atoms with E-state index in [1.807, 2.05) is 13.0 Å². The van der Waals surface area contributed by atoms with E-state index in [9.17, 15) is 0 Å². The molecule has 0 spiro atoms. The first-order chi connectivity index (χ1) is 6.77. The molecule has 0 amide bonds. The summed E-state index contributed by atoms with van der Waals surface area (Å²) in [5.74, 6) is 1.00. The molecule has 0 bridgehead atoms. The van der Waals surface area contributed by atoms with Gasteiger partial charge in [0.15, 0.2) is 0 Å². The minimum absolute atomic E-state index is 0.718. The Balaban J connectivity index is 2.79. The first-order valence-corrected chi connectivity index (χ1v) is 5.97. The number of nitrogens with two attached hydrogens (primary N) is 1. The molecule has 78 valence electrons. The molecule has 0 saturated heterocycles. The van der Waals surface area contributed by atoms with Gasteiger partial charge in [0.1, 0.15) is 5.75 Å². The maximum atomic E-state index is 5.54. The maximum Gasteiger partial charge on any atom is 0.122 e. The third-order valence-corrected chi connectivity index (χ3v) is 2.64. The number of ether oxygens (including phenoxy) is 1. The lowest BCUT2D eigenvalue weighted by Gasteiger charge is -2.10. The second-order valence-electron chi connectivity index (χ2n) is 3.08. The topological polar surface area (TPSA) is 35.2 Å². The average molecular weight is 305 g/mol. The van der Waals surface area contributed by atoms with Crippen LogP contribution in [0.2, 0.25) is 0 Å². The van der Waals surface area contributed by atoms with Gasteiger partial charge < -0.3 is 10.5 Å². The third-order valence-electron chi connectivity index (χ3n) is 1.97. The first kappa shape index (κ1) is 11.8. The minimum atomic E-state index is 0.718. The van der Waals surface area contributed by atoms with Crippen LogP contribution >= 0.6 is 22.6 Å². The van der Waals surface area contributed by atoms with E-state index in [4.69, 9.17) is 10.5 Å². The molecule has 1 rings (SSSR count). The van der Waals surface area contributed by atoms with Crippen LogP contribution in [0.4, 0.5) is 0 Å². The van der Waals surface area contributed by atoms with E-state index in [0.717, 1.165) is 31.7 Å². The SMILES string of the molecule is CCOc1ccc(I)cc1CCCN. The van der Waals surface area contributed by atoms with Crippen molar-refractivity contribution < 1.29 is 4.74 Å². The number of aryl methyl sites for hydroxylation is 1. The van der Waals surface area contributed by atoms with Gasteiger partial charge in [0.2, 0.25) is 0 Å². The standard InChI is InChI=1S/C11H16INO/c1-2-14-11-6-5-10(12)8-9(11)4-3-7-13/h5-6,8H,2-4,7,13H2,1H3. The Morgan fingerprint density at radius 2 is 2.21 bits per heavy atom. The highest BCUT2D eigenvalue weighted by Crippen LogP contribution is 2.22. The molecule has 0 unspecified atom stereocenters. The van der Waals surface area contributed by atoms with E-state index in [2.05, 4.69) is 34.7 Å². The van der Waals surface area contributed by atoms with Crippen molar-refractivity contribution in [3.63, 3.8) is 0 Å². The number of benzene rings is 1. The van der Waals surface area contributed by atoms with E-state index in [0.29, 0.717) is 0 Å². The predicted molar refractivity (Wildman–Crippen MR) is 67.7 cm³/mol. The van der Waals surface area contributed by atoms with E-state index in [-0.39, 0.29) is 0 Å². The van der Waals surface area contributed by atoms with E-state index >= 15 is 0 Å². The first-order valence-electron chi connectivity index (χ1n) is 4.89. The van der Waals surface area contributed by atoms with Crippen molar-refractivity contribution in [2.24, 2.45) is 5.73 Å². The Hall–Kier alpha value is -0.290. The van der Waals surface area contributed by atoms with Crippen LogP contribution in [0.25, 0.3) is 0 Å². The van der Waals surface area contributed by atoms with E-state index < -0.39 is 0 Å². The molecule has 0 aliphatic heterocycles. The van der Waals surface area contributed by atoms with Gasteiger partial charge in [-0.15, -0.1) is 0 Å². The van der Waals surface area contributed by atoms with Crippen molar-refractivity contribution >= 4 is 22.6 Å². The van der Waals surface area contributed by atoms with Crippen molar-refractivity contribution in [1.29, 1.82) is 0 Å². The molecule has 14 heavy (non-hydrogen) atoms. The van der Waals surface area contributed by atoms with Gasteiger partial charge in [-0.2, -0.15) is 0 Å². The molecule has 0 aromatic heterocycles. The molecule has 1 aromatic carbocycles. The van der Waals surface area contributed by atoms with Crippen molar-refractivity contribution in [2.75, 3.05) is 13.2 Å². The Kier molecular flexibility index (Phi) is 5.25. The minimum Gasteiger partial charge on any atom is -0.494 e. The molecule has 0 radical (unpaired) electrons. The molecule has 0 saturated carbocycles. The fourth-order valence-corrected chi connectivity index (χ4v) is 1.89. The zero-order valence-corrected chi connectivity index (χ0v) is 10.6. The smallest absolute Gasteiger partial charge is 0.122 e. The Labute approximate surface area is 99.0 Å². The van der Waals surface area contributed by atoms with Crippen molar-refractivity contribution in [1.82, 2.24) is 0 Å². The van der Waals surface area contributed by atoms with Gasteiger partial charge in [0.25, 0.3) is 0 Å². The van der Waals surface area contributed by atoms with Crippen LogP contribution in [0.1, 0.15) is 18.9 Å². The quantitative estimate of drug-likeness (QED) is 0.849. The molecule has 0 heterocycles. The van der Waals surface area contributed by atoms with Crippen LogP contribution in [-0.2, 0) is 6.42 Å². The largest absolute Gasteiger partial charge is 0.494 e. The van der Waals surface area contributed by atoms with Gasteiger partial charge in [-0.05, 0) is 72.7 Å². The molecule has 0 atom stereocenters. The average Bonchev–Trinajstić information content (AvgIpc) is 2.18. The van der Waals surface area contributed by atoms with Crippen molar-refractivity contribution in [2.45, 2.75) is 19.8 Å². The molecule has 2 N–H and O–H groups in total. The van der Waals surface area contributed by atoms with Crippen LogP contribution in [-0.4, -0.2) is 13.2 Å². The van der Waals surface area contributed by atoms with Gasteiger partial charge in [-0.25, -0.2) is 0 Å². The summed E-state index contributed by atoms with van der Waals surface area (Å²) in [5.41, 5.74) is 6.76. The summed E-state index contributed by atoms with van der Waals surface area (Å²) in [6.45, 7) is 3.46. The Morgan fingerprint density at radius 3 is 2.86 bits per heavy atom. The fourth-order valence-electron chi connectivity index (χ4n) is 1.33. The summed E-state index contributed by atoms with van der Waals surface area (Å²) in [5, 5.41) is 0. The second-order valence-corrected chi connectivity index (χ2v) is 4.32. The maximum absolute atomic E-state index is 5.54. The van der Waals surface area contributed by atoms with Crippen molar-refractivity contribution in [3.8, 4) is 5.75 Å². The molecule has 0 fully saturated rings. The Bertz CT molecular complexity index is 289. The Morgan fingerprint density at radius 1 is 1.43 bits per heavy atom. The monoisotopic (exact) mass is 305 g/mol. The summed E-state index contributed by atoms with van der Waals surface area (Å²) < 4.78 is 6.79. The van der Waals surface area contributed by atoms with Crippen LogP contribution in [0.3, 0.4) is 0 Å². The summed E-state index contributed by atoms with van der Waals surface area (Å²) in [6.07, 6.45) is 2.02. The summed E-state index contributed by atoms with van der Waals surface area (Å²) in [7, 11) is 0. The van der Waals surface area contributed by atoms with E-state index in [1.165, 1.54) is 9.13 Å². The zero-order chi connectivity index (χ0) is 10.4. The second kappa shape index (κ2) is 6.24. The summed E-state index contributed by atoms with van der Waals surface area (Å²) in [6, 6.07) is 6.27. The molecule has 2 nitrogen and oxygen atoms in total. The molecular weight excluding hydrogens is 289 g/mol. The van der Waals surface area contributed by atoms with Gasteiger partial charge in [0.05, 0.1) is 6.61 Å². The molecular formula is C11H16INO. The normalized spacial score (nSPS) is 10.2. The highest BCUT2D eigenvalue weighted by Gasteiger charge is 2.03. The lowest BCUT2D eigenvalue weighted by molar-refractivity contribution is 0.336. The zero-order valence-electron chi connectivity index (χ0n) is 8.42. The van der Waals surface area contributed by atoms with E-state index in [1.54, 1.807) is 0 Å². The molecule has 1 aromatic rings. The van der Waals surface area contributed by atoms with Crippen LogP contribution in [0, 0.1) is 3.57 Å². The molecule has 3 heteroatoms. The van der Waals surface area contributed by atoms with Gasteiger partial charge in [-0.3, -0.25) is 0 Å². The molecule has 0 aliphatic rings. The number of halogens is 1. The predicted octanol–water partition coefficient (Wildman–Crippen LogP) is 2.58. The molecule has 0 aliphatic carbocycles. The highest BCUT2D eigenvalue weighted by atomic mass is 127. The third kappa shape index (κ3) is 3.46. The lowest BCUT2D eigenvalue weighted by atomic mass is 10.1. The van der Waals surface area contributed by atoms with Gasteiger partial charge >= 0.3 is 0 Å². The number of hydrogen-bond acceptors (Lipinski definition) is 2. The highest BCUT2D eigenvalue weighted by molar-refractivity contribution is 14.1.